The normalized spacial score (nSPS) is 24.4. The molecule has 2 saturated heterocycles. The van der Waals surface area contributed by atoms with Gasteiger partial charge in [0.1, 0.15) is 0 Å². The fourth-order valence-corrected chi connectivity index (χ4v) is 4.56. The van der Waals surface area contributed by atoms with Crippen LogP contribution >= 0.6 is 11.8 Å². The van der Waals surface area contributed by atoms with Gasteiger partial charge in [-0.2, -0.15) is 11.8 Å². The molecule has 4 amide bonds. The lowest BCUT2D eigenvalue weighted by molar-refractivity contribution is -0.123. The Morgan fingerprint density at radius 2 is 2.04 bits per heavy atom. The maximum absolute atomic E-state index is 11.7. The van der Waals surface area contributed by atoms with Gasteiger partial charge in [-0.05, 0) is 12.8 Å². The molecule has 2 aliphatic heterocycles. The SMILES string of the molecule is CNC(=O)CCOCCNC(=O)CCCCC1SCC2NC(=O)NC21. The van der Waals surface area contributed by atoms with Crippen molar-refractivity contribution in [2.24, 2.45) is 0 Å². The summed E-state index contributed by atoms with van der Waals surface area (Å²) in [5.41, 5.74) is 0. The minimum absolute atomic E-state index is 0.0303. The summed E-state index contributed by atoms with van der Waals surface area (Å²) in [7, 11) is 1.59. The number of carbonyl (C=O) groups excluding carboxylic acids is 3. The van der Waals surface area contributed by atoms with Crippen LogP contribution in [0.5, 0.6) is 0 Å². The zero-order valence-corrected chi connectivity index (χ0v) is 15.5. The molecule has 25 heavy (non-hydrogen) atoms. The summed E-state index contributed by atoms with van der Waals surface area (Å²) in [5, 5.41) is 11.7. The second-order valence-electron chi connectivity index (χ2n) is 6.25. The van der Waals surface area contributed by atoms with Crippen LogP contribution < -0.4 is 21.3 Å². The van der Waals surface area contributed by atoms with Gasteiger partial charge in [0.25, 0.3) is 0 Å². The van der Waals surface area contributed by atoms with Crippen LogP contribution in [0, 0.1) is 0 Å². The lowest BCUT2D eigenvalue weighted by Gasteiger charge is -2.16. The molecule has 0 aliphatic carbocycles. The summed E-state index contributed by atoms with van der Waals surface area (Å²) < 4.78 is 5.28. The van der Waals surface area contributed by atoms with Crippen LogP contribution in [0.25, 0.3) is 0 Å². The quantitative estimate of drug-likeness (QED) is 0.301. The molecule has 2 aliphatic rings. The highest BCUT2D eigenvalue weighted by Gasteiger charge is 2.42. The van der Waals surface area contributed by atoms with E-state index in [9.17, 15) is 14.4 Å². The number of thioether (sulfide) groups is 1. The average molecular weight is 372 g/mol. The number of ether oxygens (including phenoxy) is 1. The lowest BCUT2D eigenvalue weighted by atomic mass is 10.0. The van der Waals surface area contributed by atoms with E-state index in [4.69, 9.17) is 4.74 Å². The molecule has 2 heterocycles. The molecule has 4 N–H and O–H groups in total. The second kappa shape index (κ2) is 10.5. The molecule has 142 valence electrons. The number of amides is 4. The number of hydrogen-bond acceptors (Lipinski definition) is 5. The highest BCUT2D eigenvalue weighted by molar-refractivity contribution is 8.00. The Kier molecular flexibility index (Phi) is 8.33. The largest absolute Gasteiger partial charge is 0.379 e. The number of urea groups is 1. The molecule has 3 unspecified atom stereocenters. The van der Waals surface area contributed by atoms with Crippen molar-refractivity contribution in [1.82, 2.24) is 21.3 Å². The standard InChI is InChI=1S/C16H28N4O4S/c1-17-13(21)6-8-24-9-7-18-14(22)5-3-2-4-12-15-11(10-25-12)19-16(23)20-15/h11-12,15H,2-10H2,1H3,(H,17,21)(H,18,22)(H2,19,20,23). The van der Waals surface area contributed by atoms with Crippen LogP contribution in [-0.4, -0.2) is 67.7 Å². The van der Waals surface area contributed by atoms with E-state index in [0.717, 1.165) is 25.0 Å². The Labute approximate surface area is 152 Å². The first-order chi connectivity index (χ1) is 12.1. The van der Waals surface area contributed by atoms with E-state index in [1.807, 2.05) is 11.8 Å². The fourth-order valence-electron chi connectivity index (χ4n) is 3.02. The predicted molar refractivity (Wildman–Crippen MR) is 96.5 cm³/mol. The Balaban J connectivity index is 1.44. The molecular formula is C16H28N4O4S. The van der Waals surface area contributed by atoms with E-state index in [2.05, 4.69) is 21.3 Å². The third kappa shape index (κ3) is 6.74. The Morgan fingerprint density at radius 3 is 2.84 bits per heavy atom. The smallest absolute Gasteiger partial charge is 0.315 e. The zero-order valence-electron chi connectivity index (χ0n) is 14.6. The molecule has 0 aromatic heterocycles. The van der Waals surface area contributed by atoms with Crippen molar-refractivity contribution in [1.29, 1.82) is 0 Å². The van der Waals surface area contributed by atoms with Crippen molar-refractivity contribution in [3.05, 3.63) is 0 Å². The Hall–Kier alpha value is -1.48. The number of rotatable bonds is 11. The van der Waals surface area contributed by atoms with Gasteiger partial charge in [0.2, 0.25) is 11.8 Å². The van der Waals surface area contributed by atoms with Gasteiger partial charge in [-0.15, -0.1) is 0 Å². The van der Waals surface area contributed by atoms with Crippen molar-refractivity contribution in [3.8, 4) is 0 Å². The maximum atomic E-state index is 11.7. The van der Waals surface area contributed by atoms with Crippen LogP contribution in [0.1, 0.15) is 32.1 Å². The molecule has 3 atom stereocenters. The van der Waals surface area contributed by atoms with Gasteiger partial charge in [0.05, 0.1) is 25.3 Å². The molecule has 0 spiro atoms. The van der Waals surface area contributed by atoms with Crippen LogP contribution in [0.3, 0.4) is 0 Å². The summed E-state index contributed by atoms with van der Waals surface area (Å²) in [5.74, 6) is 0.945. The van der Waals surface area contributed by atoms with E-state index in [1.54, 1.807) is 7.05 Å². The van der Waals surface area contributed by atoms with E-state index in [0.29, 0.717) is 37.9 Å². The third-order valence-electron chi connectivity index (χ3n) is 4.40. The molecule has 9 heteroatoms. The lowest BCUT2D eigenvalue weighted by Crippen LogP contribution is -2.36. The number of nitrogens with one attached hydrogen (secondary N) is 4. The fraction of sp³-hybridized carbons (Fsp3) is 0.812. The van der Waals surface area contributed by atoms with Gasteiger partial charge in [0.15, 0.2) is 0 Å². The van der Waals surface area contributed by atoms with Crippen LogP contribution in [-0.2, 0) is 14.3 Å². The number of hydrogen-bond donors (Lipinski definition) is 4. The summed E-state index contributed by atoms with van der Waals surface area (Å²) in [4.78, 5) is 34.1. The topological polar surface area (TPSA) is 109 Å². The molecule has 0 saturated carbocycles. The van der Waals surface area contributed by atoms with Crippen molar-refractivity contribution < 1.29 is 19.1 Å². The molecule has 0 radical (unpaired) electrons. The van der Waals surface area contributed by atoms with E-state index in [-0.39, 0.29) is 29.9 Å². The van der Waals surface area contributed by atoms with Crippen LogP contribution in [0.15, 0.2) is 0 Å². The summed E-state index contributed by atoms with van der Waals surface area (Å²) in [6.45, 7) is 1.24. The second-order valence-corrected chi connectivity index (χ2v) is 7.53. The highest BCUT2D eigenvalue weighted by atomic mass is 32.2. The minimum Gasteiger partial charge on any atom is -0.379 e. The van der Waals surface area contributed by atoms with Gasteiger partial charge in [-0.1, -0.05) is 6.42 Å². The van der Waals surface area contributed by atoms with Crippen molar-refractivity contribution in [2.45, 2.75) is 49.4 Å². The van der Waals surface area contributed by atoms with Crippen molar-refractivity contribution >= 4 is 29.6 Å². The average Bonchev–Trinajstić information content (AvgIpc) is 3.14. The number of carbonyl (C=O) groups is 3. The van der Waals surface area contributed by atoms with Gasteiger partial charge in [0, 0.05) is 37.4 Å². The summed E-state index contributed by atoms with van der Waals surface area (Å²) >= 11 is 1.90. The first-order valence-corrected chi connectivity index (χ1v) is 9.88. The number of unbranched alkanes of at least 4 members (excludes halogenated alkanes) is 1. The van der Waals surface area contributed by atoms with Crippen molar-refractivity contribution in [3.63, 3.8) is 0 Å². The maximum Gasteiger partial charge on any atom is 0.315 e. The van der Waals surface area contributed by atoms with E-state index in [1.165, 1.54) is 0 Å². The monoisotopic (exact) mass is 372 g/mol. The minimum atomic E-state index is -0.0581. The van der Waals surface area contributed by atoms with Gasteiger partial charge in [-0.25, -0.2) is 4.79 Å². The number of fused-ring (bicyclic) bond motifs is 1. The Morgan fingerprint density at radius 1 is 1.20 bits per heavy atom. The third-order valence-corrected chi connectivity index (χ3v) is 5.91. The van der Waals surface area contributed by atoms with Crippen LogP contribution in [0.4, 0.5) is 4.79 Å². The van der Waals surface area contributed by atoms with Gasteiger partial charge in [-0.3, -0.25) is 9.59 Å². The summed E-state index contributed by atoms with van der Waals surface area (Å²) in [6.07, 6.45) is 3.69. The van der Waals surface area contributed by atoms with E-state index >= 15 is 0 Å². The highest BCUT2D eigenvalue weighted by Crippen LogP contribution is 2.33. The molecule has 0 bridgehead atoms. The van der Waals surface area contributed by atoms with Gasteiger partial charge >= 0.3 is 6.03 Å². The Bertz CT molecular complexity index is 477. The first kappa shape index (κ1) is 19.8. The molecular weight excluding hydrogens is 344 g/mol. The molecule has 8 nitrogen and oxygen atoms in total. The zero-order chi connectivity index (χ0) is 18.1. The molecule has 2 fully saturated rings. The van der Waals surface area contributed by atoms with Crippen molar-refractivity contribution in [2.75, 3.05) is 32.6 Å². The van der Waals surface area contributed by atoms with E-state index < -0.39 is 0 Å². The van der Waals surface area contributed by atoms with Gasteiger partial charge < -0.3 is 26.0 Å². The molecule has 0 aromatic rings. The summed E-state index contributed by atoms with van der Waals surface area (Å²) in [6, 6.07) is 0.435. The molecule has 2 rings (SSSR count). The van der Waals surface area contributed by atoms with Crippen LogP contribution in [0.2, 0.25) is 0 Å². The predicted octanol–water partition coefficient (Wildman–Crippen LogP) is -0.0189. The first-order valence-electron chi connectivity index (χ1n) is 8.84. The molecule has 0 aromatic carbocycles.